The van der Waals surface area contributed by atoms with Gasteiger partial charge >= 0.3 is 0 Å². The Morgan fingerprint density at radius 2 is 2.40 bits per heavy atom. The van der Waals surface area contributed by atoms with Crippen molar-refractivity contribution in [2.45, 2.75) is 19.3 Å². The Morgan fingerprint density at radius 1 is 1.70 bits per heavy atom. The fraction of sp³-hybridized carbons (Fsp3) is 0.429. The van der Waals surface area contributed by atoms with E-state index in [1.807, 2.05) is 13.8 Å². The van der Waals surface area contributed by atoms with Crippen molar-refractivity contribution in [3.8, 4) is 6.07 Å². The molecule has 0 aromatic carbocycles. The van der Waals surface area contributed by atoms with E-state index in [1.165, 1.54) is 0 Å². The van der Waals surface area contributed by atoms with Gasteiger partial charge in [-0.2, -0.15) is 10.4 Å². The monoisotopic (exact) mass is 135 g/mol. The molecule has 0 fully saturated rings. The first-order chi connectivity index (χ1) is 4.67. The van der Waals surface area contributed by atoms with Gasteiger partial charge in [-0.05, 0) is 13.8 Å². The number of hydrogen-bond donors (Lipinski definition) is 1. The first-order valence-corrected chi connectivity index (χ1v) is 3.07. The number of nitrogens with zero attached hydrogens (tertiary/aromatic N) is 2. The van der Waals surface area contributed by atoms with Gasteiger partial charge in [-0.1, -0.05) is 0 Å². The van der Waals surface area contributed by atoms with Crippen molar-refractivity contribution in [2.75, 3.05) is 0 Å². The third-order valence-corrected chi connectivity index (χ3v) is 1.50. The molecule has 3 heteroatoms. The Kier molecular flexibility index (Phi) is 1.46. The predicted octanol–water partition coefficient (Wildman–Crippen LogP) is 1.21. The zero-order chi connectivity index (χ0) is 7.61. The Balaban J connectivity index is 2.99. The third-order valence-electron chi connectivity index (χ3n) is 1.50. The van der Waals surface area contributed by atoms with E-state index < -0.39 is 5.41 Å². The highest BCUT2D eigenvalue weighted by Crippen LogP contribution is 2.19. The van der Waals surface area contributed by atoms with E-state index in [0.717, 1.165) is 5.56 Å². The number of H-pyrrole nitrogens is 1. The van der Waals surface area contributed by atoms with Gasteiger partial charge in [-0.25, -0.2) is 0 Å². The lowest BCUT2D eigenvalue weighted by molar-refractivity contribution is 0.687. The lowest BCUT2D eigenvalue weighted by Gasteiger charge is -2.10. The van der Waals surface area contributed by atoms with Crippen molar-refractivity contribution < 1.29 is 0 Å². The van der Waals surface area contributed by atoms with Crippen LogP contribution in [-0.4, -0.2) is 10.2 Å². The van der Waals surface area contributed by atoms with E-state index in [1.54, 1.807) is 12.4 Å². The van der Waals surface area contributed by atoms with Crippen molar-refractivity contribution in [1.82, 2.24) is 10.2 Å². The summed E-state index contributed by atoms with van der Waals surface area (Å²) in [5.41, 5.74) is 0.502. The summed E-state index contributed by atoms with van der Waals surface area (Å²) in [5.74, 6) is 0. The van der Waals surface area contributed by atoms with Crippen LogP contribution in [0.4, 0.5) is 0 Å². The summed E-state index contributed by atoms with van der Waals surface area (Å²) in [6.45, 7) is 3.72. The number of aromatic amines is 1. The molecule has 1 N–H and O–H groups in total. The molecule has 0 unspecified atom stereocenters. The minimum atomic E-state index is -0.424. The molecule has 0 saturated heterocycles. The van der Waals surface area contributed by atoms with Crippen LogP contribution in [0.1, 0.15) is 19.4 Å². The number of nitriles is 1. The Hall–Kier alpha value is -1.30. The summed E-state index contributed by atoms with van der Waals surface area (Å²) in [4.78, 5) is 0. The SMILES string of the molecule is CC(C)(C#N)c1cn[nH]c1. The Bertz CT molecular complexity index is 240. The first-order valence-electron chi connectivity index (χ1n) is 3.07. The number of rotatable bonds is 1. The molecule has 1 aromatic rings. The highest BCUT2D eigenvalue weighted by molar-refractivity contribution is 5.24. The van der Waals surface area contributed by atoms with Gasteiger partial charge in [0.05, 0.1) is 17.7 Å². The molecule has 0 aliphatic heterocycles. The van der Waals surface area contributed by atoms with Gasteiger partial charge in [0.15, 0.2) is 0 Å². The summed E-state index contributed by atoms with van der Waals surface area (Å²) >= 11 is 0. The molecule has 3 nitrogen and oxygen atoms in total. The van der Waals surface area contributed by atoms with Crippen molar-refractivity contribution in [3.05, 3.63) is 18.0 Å². The van der Waals surface area contributed by atoms with Crippen molar-refractivity contribution >= 4 is 0 Å². The summed E-state index contributed by atoms with van der Waals surface area (Å²) in [6, 6.07) is 2.18. The van der Waals surface area contributed by atoms with E-state index in [-0.39, 0.29) is 0 Å². The summed E-state index contributed by atoms with van der Waals surface area (Å²) in [7, 11) is 0. The molecule has 1 aromatic heterocycles. The molecule has 0 aliphatic carbocycles. The van der Waals surface area contributed by atoms with E-state index >= 15 is 0 Å². The zero-order valence-corrected chi connectivity index (χ0v) is 6.05. The molecule has 10 heavy (non-hydrogen) atoms. The van der Waals surface area contributed by atoms with Crippen LogP contribution in [0.25, 0.3) is 0 Å². The molecular formula is C7H9N3. The second-order valence-electron chi connectivity index (χ2n) is 2.72. The van der Waals surface area contributed by atoms with Crippen LogP contribution in [0.2, 0.25) is 0 Å². The number of hydrogen-bond acceptors (Lipinski definition) is 2. The lowest BCUT2D eigenvalue weighted by Crippen LogP contribution is -2.12. The molecule has 0 atom stereocenters. The normalized spacial score (nSPS) is 10.9. The summed E-state index contributed by atoms with van der Waals surface area (Å²) < 4.78 is 0. The topological polar surface area (TPSA) is 52.5 Å². The van der Waals surface area contributed by atoms with Gasteiger partial charge in [0.1, 0.15) is 0 Å². The minimum absolute atomic E-state index is 0.424. The number of aromatic nitrogens is 2. The van der Waals surface area contributed by atoms with Crippen LogP contribution in [0.5, 0.6) is 0 Å². The maximum Gasteiger partial charge on any atom is 0.0796 e. The van der Waals surface area contributed by atoms with Crippen LogP contribution >= 0.6 is 0 Å². The van der Waals surface area contributed by atoms with Crippen LogP contribution in [-0.2, 0) is 5.41 Å². The first kappa shape index (κ1) is 6.81. The molecule has 0 spiro atoms. The highest BCUT2D eigenvalue weighted by atomic mass is 15.1. The third kappa shape index (κ3) is 1.01. The fourth-order valence-corrected chi connectivity index (χ4v) is 0.657. The van der Waals surface area contributed by atoms with Gasteiger partial charge in [-0.15, -0.1) is 0 Å². The van der Waals surface area contributed by atoms with Crippen molar-refractivity contribution in [1.29, 1.82) is 5.26 Å². The predicted molar refractivity (Wildman–Crippen MR) is 37.2 cm³/mol. The van der Waals surface area contributed by atoms with Gasteiger partial charge < -0.3 is 0 Å². The summed E-state index contributed by atoms with van der Waals surface area (Å²) in [6.07, 6.45) is 3.41. The van der Waals surface area contributed by atoms with Crippen molar-refractivity contribution in [2.24, 2.45) is 0 Å². The molecule has 1 heterocycles. The molecule has 0 saturated carbocycles. The zero-order valence-electron chi connectivity index (χ0n) is 6.05. The van der Waals surface area contributed by atoms with E-state index in [9.17, 15) is 0 Å². The average Bonchev–Trinajstić information content (AvgIpc) is 2.38. The largest absolute Gasteiger partial charge is 0.285 e. The molecule has 52 valence electrons. The van der Waals surface area contributed by atoms with Crippen LogP contribution in [0.15, 0.2) is 12.4 Å². The quantitative estimate of drug-likeness (QED) is 0.629. The van der Waals surface area contributed by atoms with E-state index in [2.05, 4.69) is 16.3 Å². The van der Waals surface area contributed by atoms with Crippen molar-refractivity contribution in [3.63, 3.8) is 0 Å². The second-order valence-corrected chi connectivity index (χ2v) is 2.72. The smallest absolute Gasteiger partial charge is 0.0796 e. The second kappa shape index (κ2) is 2.14. The number of nitrogens with one attached hydrogen (secondary N) is 1. The highest BCUT2D eigenvalue weighted by Gasteiger charge is 2.19. The van der Waals surface area contributed by atoms with Gasteiger partial charge in [0.2, 0.25) is 0 Å². The average molecular weight is 135 g/mol. The Morgan fingerprint density at radius 3 is 2.80 bits per heavy atom. The molecule has 0 aliphatic rings. The Labute approximate surface area is 59.7 Å². The summed E-state index contributed by atoms with van der Waals surface area (Å²) in [5, 5.41) is 15.1. The maximum atomic E-state index is 8.67. The fourth-order valence-electron chi connectivity index (χ4n) is 0.657. The lowest BCUT2D eigenvalue weighted by atomic mass is 9.89. The molecular weight excluding hydrogens is 126 g/mol. The molecule has 1 rings (SSSR count). The van der Waals surface area contributed by atoms with Crippen LogP contribution in [0, 0.1) is 11.3 Å². The van der Waals surface area contributed by atoms with E-state index in [4.69, 9.17) is 5.26 Å². The van der Waals surface area contributed by atoms with Gasteiger partial charge in [-0.3, -0.25) is 5.10 Å². The van der Waals surface area contributed by atoms with Gasteiger partial charge in [0, 0.05) is 11.8 Å². The van der Waals surface area contributed by atoms with Gasteiger partial charge in [0.25, 0.3) is 0 Å². The molecule has 0 radical (unpaired) electrons. The molecule has 0 amide bonds. The molecule has 0 bridgehead atoms. The van der Waals surface area contributed by atoms with Crippen LogP contribution in [0.3, 0.4) is 0 Å². The maximum absolute atomic E-state index is 8.67. The van der Waals surface area contributed by atoms with Crippen LogP contribution < -0.4 is 0 Å². The standard InChI is InChI=1S/C7H9N3/c1-7(2,5-8)6-3-9-10-4-6/h3-4H,1-2H3,(H,9,10). The van der Waals surface area contributed by atoms with E-state index in [0.29, 0.717) is 0 Å². The minimum Gasteiger partial charge on any atom is -0.285 e.